The summed E-state index contributed by atoms with van der Waals surface area (Å²) in [5, 5.41) is 26.7. The number of allylic oxidation sites excluding steroid dienone is 1. The maximum Gasteiger partial charge on any atom is 0.329 e. The number of methoxy groups -OCH3 is 1. The van der Waals surface area contributed by atoms with Gasteiger partial charge in [-0.05, 0) is 32.6 Å². The summed E-state index contributed by atoms with van der Waals surface area (Å²) in [6, 6.07) is -1.15. The van der Waals surface area contributed by atoms with Crippen molar-refractivity contribution in [1.82, 2.24) is 10.6 Å². The molecule has 0 bridgehead atoms. The lowest BCUT2D eigenvalue weighted by molar-refractivity contribution is -0.144. The van der Waals surface area contributed by atoms with Crippen LogP contribution in [0, 0.1) is 11.8 Å². The van der Waals surface area contributed by atoms with Crippen LogP contribution in [0.3, 0.4) is 0 Å². The SMILES string of the molecule is COC(=O)C(CSC(=O)C1(C(O)C2C=CCCC2)NC(=O)C(CCF)C1(C)O)NC(C)=O. The van der Waals surface area contributed by atoms with E-state index in [2.05, 4.69) is 15.4 Å². The van der Waals surface area contributed by atoms with Gasteiger partial charge in [0.15, 0.2) is 5.54 Å². The van der Waals surface area contributed by atoms with Crippen LogP contribution < -0.4 is 10.6 Å². The molecule has 180 valence electrons. The lowest BCUT2D eigenvalue weighted by Gasteiger charge is -2.45. The molecule has 0 spiro atoms. The van der Waals surface area contributed by atoms with Gasteiger partial charge in [-0.3, -0.25) is 18.8 Å². The highest BCUT2D eigenvalue weighted by atomic mass is 32.2. The van der Waals surface area contributed by atoms with E-state index < -0.39 is 64.7 Å². The minimum atomic E-state index is -2.13. The number of carbonyl (C=O) groups excluding carboxylic acids is 4. The molecule has 32 heavy (non-hydrogen) atoms. The van der Waals surface area contributed by atoms with E-state index >= 15 is 0 Å². The maximum atomic E-state index is 13.5. The third kappa shape index (κ3) is 4.99. The van der Waals surface area contributed by atoms with Gasteiger partial charge in [0.1, 0.15) is 11.6 Å². The first-order valence-electron chi connectivity index (χ1n) is 10.5. The second kappa shape index (κ2) is 10.8. The Morgan fingerprint density at radius 1 is 1.44 bits per heavy atom. The van der Waals surface area contributed by atoms with Crippen molar-refractivity contribution in [2.45, 2.75) is 62.8 Å². The normalized spacial score (nSPS) is 31.5. The number of nitrogens with one attached hydrogen (secondary N) is 2. The number of halogens is 1. The smallest absolute Gasteiger partial charge is 0.329 e. The van der Waals surface area contributed by atoms with Crippen LogP contribution in [0.5, 0.6) is 0 Å². The van der Waals surface area contributed by atoms with E-state index in [0.29, 0.717) is 18.2 Å². The van der Waals surface area contributed by atoms with Gasteiger partial charge in [0.2, 0.25) is 16.9 Å². The Morgan fingerprint density at radius 2 is 2.12 bits per heavy atom. The van der Waals surface area contributed by atoms with Crippen molar-refractivity contribution in [2.24, 2.45) is 11.8 Å². The lowest BCUT2D eigenvalue weighted by atomic mass is 9.69. The number of aliphatic hydroxyl groups excluding tert-OH is 1. The fraction of sp³-hybridized carbons (Fsp3) is 0.714. The van der Waals surface area contributed by atoms with Crippen LogP contribution in [0.15, 0.2) is 12.2 Å². The number of amides is 2. The molecule has 0 radical (unpaired) electrons. The van der Waals surface area contributed by atoms with Gasteiger partial charge in [0.25, 0.3) is 0 Å². The van der Waals surface area contributed by atoms with Crippen molar-refractivity contribution in [3.63, 3.8) is 0 Å². The van der Waals surface area contributed by atoms with E-state index in [1.807, 2.05) is 6.08 Å². The fourth-order valence-corrected chi connectivity index (χ4v) is 5.61. The van der Waals surface area contributed by atoms with Crippen LogP contribution in [0.1, 0.15) is 39.5 Å². The Balaban J connectivity index is 2.40. The highest BCUT2D eigenvalue weighted by molar-refractivity contribution is 8.13. The molecule has 2 rings (SSSR count). The molecule has 1 saturated heterocycles. The van der Waals surface area contributed by atoms with Crippen LogP contribution in [-0.2, 0) is 23.9 Å². The minimum absolute atomic E-state index is 0.250. The number of hydrogen-bond acceptors (Lipinski definition) is 8. The fourth-order valence-electron chi connectivity index (χ4n) is 4.46. The molecule has 2 aliphatic rings. The summed E-state index contributed by atoms with van der Waals surface area (Å²) >= 11 is 0.576. The number of hydrogen-bond donors (Lipinski definition) is 4. The van der Waals surface area contributed by atoms with Crippen molar-refractivity contribution >= 4 is 34.7 Å². The zero-order valence-corrected chi connectivity index (χ0v) is 19.2. The number of carbonyl (C=O) groups is 4. The highest BCUT2D eigenvalue weighted by Gasteiger charge is 2.68. The first kappa shape index (κ1) is 26.3. The number of rotatable bonds is 9. The average molecular weight is 475 g/mol. The number of esters is 1. The van der Waals surface area contributed by atoms with Crippen molar-refractivity contribution in [1.29, 1.82) is 0 Å². The summed E-state index contributed by atoms with van der Waals surface area (Å²) in [5.74, 6) is -4.03. The van der Waals surface area contributed by atoms with Crippen molar-refractivity contribution < 1.29 is 38.5 Å². The van der Waals surface area contributed by atoms with E-state index in [4.69, 9.17) is 0 Å². The van der Waals surface area contributed by atoms with Gasteiger partial charge in [-0.15, -0.1) is 0 Å². The molecule has 9 nitrogen and oxygen atoms in total. The summed E-state index contributed by atoms with van der Waals surface area (Å²) in [4.78, 5) is 49.6. The lowest BCUT2D eigenvalue weighted by Crippen LogP contribution is -2.69. The summed E-state index contributed by atoms with van der Waals surface area (Å²) in [7, 11) is 1.13. The topological polar surface area (TPSA) is 142 Å². The summed E-state index contributed by atoms with van der Waals surface area (Å²) in [6.45, 7) is 1.55. The van der Waals surface area contributed by atoms with E-state index in [1.54, 1.807) is 6.08 Å². The third-order valence-electron chi connectivity index (χ3n) is 6.22. The summed E-state index contributed by atoms with van der Waals surface area (Å²) in [6.07, 6.45) is 3.90. The second-order valence-electron chi connectivity index (χ2n) is 8.32. The van der Waals surface area contributed by atoms with E-state index in [-0.39, 0.29) is 12.2 Å². The zero-order chi connectivity index (χ0) is 24.1. The van der Waals surface area contributed by atoms with Crippen LogP contribution in [0.2, 0.25) is 0 Å². The molecule has 4 N–H and O–H groups in total. The summed E-state index contributed by atoms with van der Waals surface area (Å²) < 4.78 is 17.8. The molecule has 0 saturated carbocycles. The Labute approximate surface area is 190 Å². The quantitative estimate of drug-likeness (QED) is 0.275. The Bertz CT molecular complexity index is 775. The molecular formula is C21H31FN2O7S. The molecule has 2 amide bonds. The van der Waals surface area contributed by atoms with E-state index in [9.17, 15) is 33.8 Å². The first-order valence-corrected chi connectivity index (χ1v) is 11.5. The molecule has 1 heterocycles. The molecule has 6 unspecified atom stereocenters. The van der Waals surface area contributed by atoms with Gasteiger partial charge in [0, 0.05) is 18.6 Å². The van der Waals surface area contributed by atoms with Gasteiger partial charge in [0.05, 0.1) is 25.8 Å². The number of ether oxygens (including phenoxy) is 1. The van der Waals surface area contributed by atoms with Crippen LogP contribution in [0.4, 0.5) is 4.39 Å². The number of thioether (sulfide) groups is 1. The molecule has 0 aromatic carbocycles. The largest absolute Gasteiger partial charge is 0.467 e. The van der Waals surface area contributed by atoms with E-state index in [0.717, 1.165) is 20.0 Å². The Morgan fingerprint density at radius 3 is 2.66 bits per heavy atom. The molecule has 1 fully saturated rings. The van der Waals surface area contributed by atoms with Gasteiger partial charge >= 0.3 is 5.97 Å². The van der Waals surface area contributed by atoms with Gasteiger partial charge in [-0.1, -0.05) is 23.9 Å². The van der Waals surface area contributed by atoms with Crippen LogP contribution in [-0.4, -0.2) is 75.9 Å². The van der Waals surface area contributed by atoms with Crippen molar-refractivity contribution in [2.75, 3.05) is 19.5 Å². The molecule has 6 atom stereocenters. The minimum Gasteiger partial charge on any atom is -0.467 e. The number of alkyl halides is 1. The molecule has 0 aromatic rings. The molecule has 0 aromatic heterocycles. The monoisotopic (exact) mass is 474 g/mol. The standard InChI is InChI=1S/C21H31FN2O7S/c1-12(25)23-15(18(28)31-3)11-32-19(29)21(16(26)13-7-5-4-6-8-13)20(2,30)14(9-10-22)17(27)24-21/h5,7,13-16,26,30H,4,6,8-11H2,1-3H3,(H,23,25)(H,24,27). The third-order valence-corrected chi connectivity index (χ3v) is 7.30. The van der Waals surface area contributed by atoms with Crippen LogP contribution >= 0.6 is 11.8 Å². The van der Waals surface area contributed by atoms with Gasteiger partial charge < -0.3 is 25.6 Å². The highest BCUT2D eigenvalue weighted by Crippen LogP contribution is 2.46. The number of aliphatic hydroxyl groups is 2. The predicted octanol–water partition coefficient (Wildman–Crippen LogP) is 0.237. The summed E-state index contributed by atoms with van der Waals surface area (Å²) in [5.41, 5.74) is -4.22. The first-order chi connectivity index (χ1) is 15.0. The average Bonchev–Trinajstić information content (AvgIpc) is 2.96. The van der Waals surface area contributed by atoms with Crippen molar-refractivity contribution in [3.8, 4) is 0 Å². The second-order valence-corrected chi connectivity index (χ2v) is 9.31. The molecule has 11 heteroatoms. The maximum absolute atomic E-state index is 13.5. The van der Waals surface area contributed by atoms with E-state index in [1.165, 1.54) is 13.8 Å². The molecular weight excluding hydrogens is 443 g/mol. The van der Waals surface area contributed by atoms with Crippen LogP contribution in [0.25, 0.3) is 0 Å². The zero-order valence-electron chi connectivity index (χ0n) is 18.4. The molecule has 1 aliphatic carbocycles. The van der Waals surface area contributed by atoms with Crippen molar-refractivity contribution in [3.05, 3.63) is 12.2 Å². The molecule has 1 aliphatic heterocycles. The predicted molar refractivity (Wildman–Crippen MR) is 115 cm³/mol. The van der Waals surface area contributed by atoms with Gasteiger partial charge in [-0.25, -0.2) is 4.79 Å². The Kier molecular flexibility index (Phi) is 8.83. The Hall–Kier alpha value is -1.98. The van der Waals surface area contributed by atoms with Gasteiger partial charge in [-0.2, -0.15) is 0 Å².